The summed E-state index contributed by atoms with van der Waals surface area (Å²) in [5, 5.41) is 3.82. The Morgan fingerprint density at radius 1 is 1.50 bits per heavy atom. The van der Waals surface area contributed by atoms with Gasteiger partial charge in [0.15, 0.2) is 0 Å². The SMILES string of the molecule is CCONCc1c(C)noc1C. The summed E-state index contributed by atoms with van der Waals surface area (Å²) < 4.78 is 4.98. The maximum Gasteiger partial charge on any atom is 0.138 e. The third-order valence-corrected chi connectivity index (χ3v) is 1.68. The van der Waals surface area contributed by atoms with E-state index in [1.807, 2.05) is 20.8 Å². The second kappa shape index (κ2) is 4.23. The molecule has 0 spiro atoms. The highest BCUT2D eigenvalue weighted by molar-refractivity contribution is 5.19. The van der Waals surface area contributed by atoms with Gasteiger partial charge in [-0.05, 0) is 20.8 Å². The molecule has 0 atom stereocenters. The van der Waals surface area contributed by atoms with Crippen molar-refractivity contribution in [3.05, 3.63) is 17.0 Å². The predicted octanol–water partition coefficient (Wildman–Crippen LogP) is 1.33. The number of nitrogens with zero attached hydrogens (tertiary/aromatic N) is 1. The average Bonchev–Trinajstić information content (AvgIpc) is 2.35. The fraction of sp³-hybridized carbons (Fsp3) is 0.625. The van der Waals surface area contributed by atoms with E-state index in [4.69, 9.17) is 9.36 Å². The molecule has 0 saturated carbocycles. The van der Waals surface area contributed by atoms with Gasteiger partial charge in [0.25, 0.3) is 0 Å². The first-order valence-corrected chi connectivity index (χ1v) is 4.02. The van der Waals surface area contributed by atoms with E-state index >= 15 is 0 Å². The molecule has 0 unspecified atom stereocenters. The van der Waals surface area contributed by atoms with E-state index in [2.05, 4.69) is 10.6 Å². The van der Waals surface area contributed by atoms with Gasteiger partial charge in [0.1, 0.15) is 5.76 Å². The molecule has 0 aliphatic carbocycles. The lowest BCUT2D eigenvalue weighted by atomic mass is 10.2. The van der Waals surface area contributed by atoms with Gasteiger partial charge in [-0.3, -0.25) is 0 Å². The third-order valence-electron chi connectivity index (χ3n) is 1.68. The van der Waals surface area contributed by atoms with E-state index in [9.17, 15) is 0 Å². The zero-order valence-electron chi connectivity index (χ0n) is 7.68. The molecule has 4 nitrogen and oxygen atoms in total. The maximum atomic E-state index is 5.00. The summed E-state index contributed by atoms with van der Waals surface area (Å²) in [6.07, 6.45) is 0. The molecule has 1 aromatic heterocycles. The molecule has 68 valence electrons. The molecule has 1 heterocycles. The Kier molecular flexibility index (Phi) is 3.25. The number of hydrogen-bond acceptors (Lipinski definition) is 4. The van der Waals surface area contributed by atoms with Crippen molar-refractivity contribution in [1.29, 1.82) is 0 Å². The molecule has 0 amide bonds. The monoisotopic (exact) mass is 170 g/mol. The number of aromatic nitrogens is 1. The van der Waals surface area contributed by atoms with Crippen LogP contribution >= 0.6 is 0 Å². The lowest BCUT2D eigenvalue weighted by Crippen LogP contribution is -2.14. The van der Waals surface area contributed by atoms with Gasteiger partial charge in [0, 0.05) is 5.56 Å². The predicted molar refractivity (Wildman–Crippen MR) is 44.4 cm³/mol. The molecular weight excluding hydrogens is 156 g/mol. The van der Waals surface area contributed by atoms with Crippen LogP contribution in [0, 0.1) is 13.8 Å². The molecule has 0 aliphatic rings. The maximum absolute atomic E-state index is 5.00. The number of nitrogens with one attached hydrogen (secondary N) is 1. The minimum atomic E-state index is 0.648. The summed E-state index contributed by atoms with van der Waals surface area (Å²) in [5.74, 6) is 0.847. The number of rotatable bonds is 4. The highest BCUT2D eigenvalue weighted by atomic mass is 16.6. The lowest BCUT2D eigenvalue weighted by Gasteiger charge is -2.01. The highest BCUT2D eigenvalue weighted by Crippen LogP contribution is 2.10. The van der Waals surface area contributed by atoms with Gasteiger partial charge in [-0.15, -0.1) is 0 Å². The van der Waals surface area contributed by atoms with E-state index in [1.165, 1.54) is 0 Å². The second-order valence-electron chi connectivity index (χ2n) is 2.56. The Labute approximate surface area is 71.8 Å². The van der Waals surface area contributed by atoms with Gasteiger partial charge in [-0.25, -0.2) is 0 Å². The van der Waals surface area contributed by atoms with Crippen molar-refractivity contribution in [3.63, 3.8) is 0 Å². The zero-order valence-corrected chi connectivity index (χ0v) is 7.68. The molecule has 12 heavy (non-hydrogen) atoms. The Morgan fingerprint density at radius 3 is 2.75 bits per heavy atom. The molecule has 1 rings (SSSR count). The summed E-state index contributed by atoms with van der Waals surface area (Å²) >= 11 is 0. The molecular formula is C8H14N2O2. The van der Waals surface area contributed by atoms with Crippen molar-refractivity contribution in [3.8, 4) is 0 Å². The van der Waals surface area contributed by atoms with Gasteiger partial charge in [-0.2, -0.15) is 5.48 Å². The van der Waals surface area contributed by atoms with E-state index in [1.54, 1.807) is 0 Å². The zero-order chi connectivity index (χ0) is 8.97. The Morgan fingerprint density at radius 2 is 2.25 bits per heavy atom. The van der Waals surface area contributed by atoms with Crippen LogP contribution in [-0.2, 0) is 11.4 Å². The van der Waals surface area contributed by atoms with Crippen LogP contribution in [0.15, 0.2) is 4.52 Å². The molecule has 0 bridgehead atoms. The summed E-state index contributed by atoms with van der Waals surface area (Å²) in [6, 6.07) is 0. The largest absolute Gasteiger partial charge is 0.361 e. The minimum absolute atomic E-state index is 0.648. The van der Waals surface area contributed by atoms with Crippen LogP contribution in [0.2, 0.25) is 0 Å². The Balaban J connectivity index is 2.50. The second-order valence-corrected chi connectivity index (χ2v) is 2.56. The molecule has 1 N–H and O–H groups in total. The number of aryl methyl sites for hydroxylation is 2. The minimum Gasteiger partial charge on any atom is -0.361 e. The van der Waals surface area contributed by atoms with Gasteiger partial charge >= 0.3 is 0 Å². The summed E-state index contributed by atoms with van der Waals surface area (Å²) in [4.78, 5) is 5.00. The molecule has 0 saturated heterocycles. The van der Waals surface area contributed by atoms with Crippen LogP contribution in [0.25, 0.3) is 0 Å². The van der Waals surface area contributed by atoms with Crippen molar-refractivity contribution in [2.45, 2.75) is 27.3 Å². The third kappa shape index (κ3) is 2.06. The molecule has 0 radical (unpaired) electrons. The Hall–Kier alpha value is -0.870. The standard InChI is InChI=1S/C8H14N2O2/c1-4-11-9-5-8-6(2)10-12-7(8)3/h9H,4-5H2,1-3H3. The van der Waals surface area contributed by atoms with Gasteiger partial charge in [0.05, 0.1) is 18.8 Å². The number of hydrogen-bond donors (Lipinski definition) is 1. The topological polar surface area (TPSA) is 47.3 Å². The van der Waals surface area contributed by atoms with Crippen molar-refractivity contribution >= 4 is 0 Å². The van der Waals surface area contributed by atoms with Crippen LogP contribution in [0.3, 0.4) is 0 Å². The fourth-order valence-corrected chi connectivity index (χ4v) is 0.980. The molecule has 0 aromatic carbocycles. The molecule has 0 fully saturated rings. The van der Waals surface area contributed by atoms with Crippen LogP contribution in [0.5, 0.6) is 0 Å². The van der Waals surface area contributed by atoms with E-state index in [-0.39, 0.29) is 0 Å². The van der Waals surface area contributed by atoms with Gasteiger partial charge < -0.3 is 9.36 Å². The van der Waals surface area contributed by atoms with Crippen LogP contribution in [-0.4, -0.2) is 11.8 Å². The van der Waals surface area contributed by atoms with E-state index in [0.717, 1.165) is 17.0 Å². The lowest BCUT2D eigenvalue weighted by molar-refractivity contribution is 0.0460. The van der Waals surface area contributed by atoms with Gasteiger partial charge in [0.2, 0.25) is 0 Å². The summed E-state index contributed by atoms with van der Waals surface area (Å²) in [6.45, 7) is 7.04. The fourth-order valence-electron chi connectivity index (χ4n) is 0.980. The summed E-state index contributed by atoms with van der Waals surface area (Å²) in [5.41, 5.74) is 4.81. The summed E-state index contributed by atoms with van der Waals surface area (Å²) in [7, 11) is 0. The van der Waals surface area contributed by atoms with Crippen LogP contribution in [0.4, 0.5) is 0 Å². The smallest absolute Gasteiger partial charge is 0.138 e. The molecule has 0 aliphatic heterocycles. The Bertz CT molecular complexity index is 226. The first-order valence-electron chi connectivity index (χ1n) is 4.02. The first-order chi connectivity index (χ1) is 5.75. The van der Waals surface area contributed by atoms with E-state index in [0.29, 0.717) is 13.2 Å². The molecule has 4 heteroatoms. The van der Waals surface area contributed by atoms with Crippen molar-refractivity contribution in [1.82, 2.24) is 10.6 Å². The normalized spacial score (nSPS) is 10.6. The van der Waals surface area contributed by atoms with Crippen molar-refractivity contribution in [2.75, 3.05) is 6.61 Å². The average molecular weight is 170 g/mol. The van der Waals surface area contributed by atoms with Crippen LogP contribution < -0.4 is 5.48 Å². The molecule has 1 aromatic rings. The van der Waals surface area contributed by atoms with Crippen LogP contribution in [0.1, 0.15) is 23.9 Å². The van der Waals surface area contributed by atoms with Crippen molar-refractivity contribution in [2.24, 2.45) is 0 Å². The van der Waals surface area contributed by atoms with Crippen molar-refractivity contribution < 1.29 is 9.36 Å². The van der Waals surface area contributed by atoms with E-state index < -0.39 is 0 Å². The quantitative estimate of drug-likeness (QED) is 0.547. The first kappa shape index (κ1) is 9.22. The number of hydroxylamine groups is 1. The highest BCUT2D eigenvalue weighted by Gasteiger charge is 2.07. The van der Waals surface area contributed by atoms with Gasteiger partial charge in [-0.1, -0.05) is 5.16 Å².